The summed E-state index contributed by atoms with van der Waals surface area (Å²) >= 11 is 0. The van der Waals surface area contributed by atoms with Crippen molar-refractivity contribution in [1.82, 2.24) is 9.88 Å². The van der Waals surface area contributed by atoms with Crippen molar-refractivity contribution in [3.05, 3.63) is 17.8 Å². The van der Waals surface area contributed by atoms with Gasteiger partial charge < -0.3 is 14.1 Å². The number of hydrogen-bond donors (Lipinski definition) is 0. The summed E-state index contributed by atoms with van der Waals surface area (Å²) in [6, 6.07) is 0. The van der Waals surface area contributed by atoms with Gasteiger partial charge in [0.25, 0.3) is 0 Å². The Bertz CT molecular complexity index is 491. The van der Waals surface area contributed by atoms with Gasteiger partial charge in [0.2, 0.25) is 0 Å². The molecule has 1 saturated carbocycles. The molecule has 1 aliphatic heterocycles. The molecule has 5 heteroatoms. The maximum atomic E-state index is 11.9. The van der Waals surface area contributed by atoms with Gasteiger partial charge in [0.1, 0.15) is 11.9 Å². The third-order valence-corrected chi connectivity index (χ3v) is 3.77. The molecule has 0 bridgehead atoms. The maximum Gasteiger partial charge on any atom is 0.410 e. The first kappa shape index (κ1) is 12.5. The van der Waals surface area contributed by atoms with Crippen LogP contribution in [0.3, 0.4) is 0 Å². The first-order valence-corrected chi connectivity index (χ1v) is 6.75. The fraction of sp³-hybridized carbons (Fsp3) is 0.714. The van der Waals surface area contributed by atoms with Crippen LogP contribution in [0, 0.1) is 18.8 Å². The number of rotatable bonds is 1. The Morgan fingerprint density at radius 3 is 2.53 bits per heavy atom. The molecular formula is C14H20N2O3. The smallest absolute Gasteiger partial charge is 0.410 e. The minimum Gasteiger partial charge on any atom is -0.448 e. The molecule has 1 amide bonds. The number of ether oxygens (including phenoxy) is 1. The van der Waals surface area contributed by atoms with E-state index in [1.165, 1.54) is 0 Å². The van der Waals surface area contributed by atoms with Crippen LogP contribution in [0.25, 0.3) is 0 Å². The van der Waals surface area contributed by atoms with Crippen LogP contribution >= 0.6 is 0 Å². The molecule has 1 saturated heterocycles. The molecular weight excluding hydrogens is 244 g/mol. The molecule has 3 rings (SSSR count). The van der Waals surface area contributed by atoms with E-state index in [0.717, 1.165) is 24.7 Å². The normalized spacial score (nSPS) is 29.3. The summed E-state index contributed by atoms with van der Waals surface area (Å²) in [4.78, 5) is 18.1. The number of aryl methyl sites for hydroxylation is 1. The number of carbonyl (C=O) groups excluding carboxylic acids is 1. The molecule has 0 radical (unpaired) electrons. The highest BCUT2D eigenvalue weighted by Gasteiger charge is 2.60. The molecule has 3 atom stereocenters. The third kappa shape index (κ3) is 2.33. The molecule has 19 heavy (non-hydrogen) atoms. The second-order valence-electron chi connectivity index (χ2n) is 6.57. The van der Waals surface area contributed by atoms with E-state index >= 15 is 0 Å². The molecule has 2 unspecified atom stereocenters. The van der Waals surface area contributed by atoms with Crippen molar-refractivity contribution in [3.8, 4) is 0 Å². The zero-order chi connectivity index (χ0) is 13.8. The molecule has 1 aromatic rings. The van der Waals surface area contributed by atoms with Gasteiger partial charge in [0, 0.05) is 19.0 Å². The van der Waals surface area contributed by atoms with E-state index in [4.69, 9.17) is 9.15 Å². The molecule has 5 nitrogen and oxygen atoms in total. The highest BCUT2D eigenvalue weighted by Crippen LogP contribution is 2.57. The molecule has 104 valence electrons. The van der Waals surface area contributed by atoms with Gasteiger partial charge in [-0.3, -0.25) is 0 Å². The first-order chi connectivity index (χ1) is 8.85. The standard InChI is InChI=1S/C14H20N2O3/c1-8-7-18-12(15-8)11-9-5-16(6-10(9)11)13(17)19-14(2,3)4/h7,9-11H,5-6H2,1-4H3/t9-,10?,11?/m0/s1. The monoisotopic (exact) mass is 264 g/mol. The molecule has 1 aromatic heterocycles. The number of carbonyl (C=O) groups is 1. The van der Waals surface area contributed by atoms with Crippen LogP contribution in [0.4, 0.5) is 4.79 Å². The van der Waals surface area contributed by atoms with Crippen molar-refractivity contribution < 1.29 is 13.9 Å². The van der Waals surface area contributed by atoms with Crippen LogP contribution in [0.1, 0.15) is 38.3 Å². The molecule has 0 spiro atoms. The van der Waals surface area contributed by atoms with Gasteiger partial charge in [-0.15, -0.1) is 0 Å². The quantitative estimate of drug-likeness (QED) is 0.782. The predicted molar refractivity (Wildman–Crippen MR) is 68.8 cm³/mol. The van der Waals surface area contributed by atoms with E-state index < -0.39 is 5.60 Å². The van der Waals surface area contributed by atoms with Crippen LogP contribution < -0.4 is 0 Å². The molecule has 0 N–H and O–H groups in total. The number of hydrogen-bond acceptors (Lipinski definition) is 4. The van der Waals surface area contributed by atoms with Gasteiger partial charge in [0.05, 0.1) is 5.69 Å². The number of amides is 1. The topological polar surface area (TPSA) is 55.6 Å². The van der Waals surface area contributed by atoms with Crippen molar-refractivity contribution in [1.29, 1.82) is 0 Å². The zero-order valence-corrected chi connectivity index (χ0v) is 11.8. The number of aromatic nitrogens is 1. The van der Waals surface area contributed by atoms with Gasteiger partial charge in [-0.25, -0.2) is 9.78 Å². The Morgan fingerprint density at radius 1 is 1.42 bits per heavy atom. The molecule has 2 aliphatic rings. The van der Waals surface area contributed by atoms with Crippen LogP contribution in [-0.4, -0.2) is 34.7 Å². The third-order valence-electron chi connectivity index (χ3n) is 3.77. The lowest BCUT2D eigenvalue weighted by Crippen LogP contribution is -2.36. The summed E-state index contributed by atoms with van der Waals surface area (Å²) in [5, 5.41) is 0. The minimum atomic E-state index is -0.428. The Labute approximate surface area is 112 Å². The lowest BCUT2D eigenvalue weighted by molar-refractivity contribution is 0.0269. The van der Waals surface area contributed by atoms with Crippen LogP contribution in [-0.2, 0) is 4.74 Å². The first-order valence-electron chi connectivity index (χ1n) is 6.75. The van der Waals surface area contributed by atoms with Crippen LogP contribution in [0.2, 0.25) is 0 Å². The molecule has 0 aromatic carbocycles. The highest BCUT2D eigenvalue weighted by atomic mass is 16.6. The van der Waals surface area contributed by atoms with E-state index in [-0.39, 0.29) is 6.09 Å². The summed E-state index contributed by atoms with van der Waals surface area (Å²) in [6.07, 6.45) is 1.48. The van der Waals surface area contributed by atoms with E-state index in [2.05, 4.69) is 4.98 Å². The predicted octanol–water partition coefficient (Wildman–Crippen LogP) is 2.56. The Balaban J connectivity index is 1.57. The number of oxazole rings is 1. The minimum absolute atomic E-state index is 0.206. The Hall–Kier alpha value is -1.52. The largest absolute Gasteiger partial charge is 0.448 e. The van der Waals surface area contributed by atoms with Gasteiger partial charge in [-0.2, -0.15) is 0 Å². The second-order valence-corrected chi connectivity index (χ2v) is 6.57. The van der Waals surface area contributed by atoms with Crippen LogP contribution in [0.15, 0.2) is 10.7 Å². The number of piperidine rings is 1. The Morgan fingerprint density at radius 2 is 2.05 bits per heavy atom. The average molecular weight is 264 g/mol. The maximum absolute atomic E-state index is 11.9. The Kier molecular flexibility index (Phi) is 2.62. The molecule has 2 fully saturated rings. The lowest BCUT2D eigenvalue weighted by Gasteiger charge is -2.25. The summed E-state index contributed by atoms with van der Waals surface area (Å²) in [7, 11) is 0. The van der Waals surface area contributed by atoms with E-state index in [1.54, 1.807) is 11.2 Å². The summed E-state index contributed by atoms with van der Waals surface area (Å²) in [6.45, 7) is 9.11. The highest BCUT2D eigenvalue weighted by molar-refractivity contribution is 5.69. The van der Waals surface area contributed by atoms with Gasteiger partial charge in [-0.1, -0.05) is 0 Å². The number of likely N-dealkylation sites (tertiary alicyclic amines) is 1. The fourth-order valence-corrected chi connectivity index (χ4v) is 2.89. The number of fused-ring (bicyclic) bond motifs is 1. The van der Waals surface area contributed by atoms with Crippen molar-refractivity contribution in [2.75, 3.05) is 13.1 Å². The van der Waals surface area contributed by atoms with Crippen molar-refractivity contribution in [2.45, 2.75) is 39.2 Å². The lowest BCUT2D eigenvalue weighted by atomic mass is 10.2. The summed E-state index contributed by atoms with van der Waals surface area (Å²) in [5.41, 5.74) is 0.493. The summed E-state index contributed by atoms with van der Waals surface area (Å²) < 4.78 is 10.8. The molecule has 2 heterocycles. The van der Waals surface area contributed by atoms with Crippen molar-refractivity contribution >= 4 is 6.09 Å². The number of nitrogens with zero attached hydrogens (tertiary/aromatic N) is 2. The SMILES string of the molecule is Cc1coc(C2C3CN(C(=O)OC(C)(C)C)C[C@@H]32)n1. The van der Waals surface area contributed by atoms with E-state index in [9.17, 15) is 4.79 Å². The van der Waals surface area contributed by atoms with Crippen molar-refractivity contribution in [2.24, 2.45) is 11.8 Å². The van der Waals surface area contributed by atoms with Crippen LogP contribution in [0.5, 0.6) is 0 Å². The van der Waals surface area contributed by atoms with E-state index in [1.807, 2.05) is 27.7 Å². The summed E-state index contributed by atoms with van der Waals surface area (Å²) in [5.74, 6) is 2.21. The van der Waals surface area contributed by atoms with Crippen molar-refractivity contribution in [3.63, 3.8) is 0 Å². The molecule has 1 aliphatic carbocycles. The van der Waals surface area contributed by atoms with Gasteiger partial charge >= 0.3 is 6.09 Å². The fourth-order valence-electron chi connectivity index (χ4n) is 2.89. The van der Waals surface area contributed by atoms with Gasteiger partial charge in [0.15, 0.2) is 5.89 Å². The zero-order valence-electron chi connectivity index (χ0n) is 11.8. The average Bonchev–Trinajstić information content (AvgIpc) is 2.67. The van der Waals surface area contributed by atoms with E-state index in [0.29, 0.717) is 17.8 Å². The second kappa shape index (κ2) is 3.99. The van der Waals surface area contributed by atoms with Gasteiger partial charge in [-0.05, 0) is 39.5 Å².